The van der Waals surface area contributed by atoms with Crippen LogP contribution in [0.25, 0.3) is 0 Å². The first-order valence-electron chi connectivity index (χ1n) is 11.0. The van der Waals surface area contributed by atoms with E-state index in [1.54, 1.807) is 18.1 Å². The van der Waals surface area contributed by atoms with Gasteiger partial charge in [-0.25, -0.2) is 0 Å². The van der Waals surface area contributed by atoms with Crippen molar-refractivity contribution in [2.24, 2.45) is 5.41 Å². The van der Waals surface area contributed by atoms with Crippen molar-refractivity contribution < 1.29 is 24.2 Å². The first-order chi connectivity index (χ1) is 15.7. The maximum absolute atomic E-state index is 13.6. The predicted molar refractivity (Wildman–Crippen MR) is 125 cm³/mol. The van der Waals surface area contributed by atoms with Crippen LogP contribution in [0.2, 0.25) is 0 Å². The predicted octanol–water partition coefficient (Wildman–Crippen LogP) is 4.70. The van der Waals surface area contributed by atoms with E-state index in [4.69, 9.17) is 4.74 Å². The number of hydrogen-bond donors (Lipinski definition) is 2. The molecule has 1 atom stereocenters. The van der Waals surface area contributed by atoms with Crippen molar-refractivity contribution >= 4 is 29.0 Å². The quantitative estimate of drug-likeness (QED) is 0.688. The number of ketones is 1. The summed E-state index contributed by atoms with van der Waals surface area (Å²) in [6, 6.07) is 14.0. The number of carboxylic acids is 1. The second kappa shape index (κ2) is 8.73. The van der Waals surface area contributed by atoms with Gasteiger partial charge >= 0.3 is 5.97 Å². The third-order valence-electron chi connectivity index (χ3n) is 6.16. The smallest absolute Gasteiger partial charge is 0.303 e. The lowest BCUT2D eigenvalue weighted by atomic mass is 9.73. The normalized spacial score (nSPS) is 19.2. The number of carbonyl (C=O) groups is 3. The van der Waals surface area contributed by atoms with Crippen LogP contribution in [0.1, 0.15) is 51.1 Å². The van der Waals surface area contributed by atoms with E-state index in [0.29, 0.717) is 41.1 Å². The number of Topliss-reactive ketones (excluding diaryl/α,β-unsaturated/α-hetero) is 1. The lowest BCUT2D eigenvalue weighted by Crippen LogP contribution is -2.39. The van der Waals surface area contributed by atoms with E-state index in [0.717, 1.165) is 5.70 Å². The van der Waals surface area contributed by atoms with Crippen molar-refractivity contribution in [3.63, 3.8) is 0 Å². The Labute approximate surface area is 193 Å². The fourth-order valence-electron chi connectivity index (χ4n) is 4.78. The summed E-state index contributed by atoms with van der Waals surface area (Å²) in [6.45, 7) is 4.11. The second-order valence-electron chi connectivity index (χ2n) is 9.28. The fourth-order valence-corrected chi connectivity index (χ4v) is 4.78. The number of methoxy groups -OCH3 is 1. The minimum atomic E-state index is -1.05. The number of carboxylic acid groups (broad SMARTS) is 1. The zero-order valence-electron chi connectivity index (χ0n) is 19.1. The lowest BCUT2D eigenvalue weighted by molar-refractivity contribution is -0.138. The molecule has 0 spiro atoms. The van der Waals surface area contributed by atoms with Gasteiger partial charge in [-0.1, -0.05) is 44.2 Å². The average molecular weight is 449 g/mol. The minimum Gasteiger partial charge on any atom is -0.496 e. The first-order valence-corrected chi connectivity index (χ1v) is 11.0. The number of nitrogens with zero attached hydrogens (tertiary/aromatic N) is 1. The van der Waals surface area contributed by atoms with Crippen molar-refractivity contribution in [1.82, 2.24) is 0 Å². The van der Waals surface area contributed by atoms with Crippen molar-refractivity contribution in [3.05, 3.63) is 65.4 Å². The fraction of sp³-hybridized carbons (Fsp3) is 0.346. The molecular weight excluding hydrogens is 420 g/mol. The molecule has 2 aromatic rings. The van der Waals surface area contributed by atoms with Gasteiger partial charge in [-0.05, 0) is 30.0 Å². The Bertz CT molecular complexity index is 1150. The molecule has 2 N–H and O–H groups in total. The first kappa shape index (κ1) is 22.6. The summed E-state index contributed by atoms with van der Waals surface area (Å²) in [5.41, 5.74) is 3.07. The van der Waals surface area contributed by atoms with Crippen LogP contribution in [0.5, 0.6) is 5.75 Å². The van der Waals surface area contributed by atoms with Crippen LogP contribution in [0.3, 0.4) is 0 Å². The Kier molecular flexibility index (Phi) is 5.97. The number of fused-ring (bicyclic) bond motifs is 1. The monoisotopic (exact) mass is 448 g/mol. The average Bonchev–Trinajstić information content (AvgIpc) is 2.90. The highest BCUT2D eigenvalue weighted by atomic mass is 16.5. The van der Waals surface area contributed by atoms with Gasteiger partial charge in [0.2, 0.25) is 5.91 Å². The third kappa shape index (κ3) is 4.35. The molecule has 1 heterocycles. The van der Waals surface area contributed by atoms with Crippen LogP contribution in [-0.2, 0) is 14.4 Å². The highest BCUT2D eigenvalue weighted by Crippen LogP contribution is 2.49. The highest BCUT2D eigenvalue weighted by Gasteiger charge is 2.43. The number of anilines is 2. The van der Waals surface area contributed by atoms with Gasteiger partial charge < -0.3 is 15.2 Å². The molecule has 0 fully saturated rings. The number of carbonyl (C=O) groups excluding carboxylic acids is 2. The Hall–Kier alpha value is -3.61. The number of para-hydroxylation sites is 3. The van der Waals surface area contributed by atoms with Crippen molar-refractivity contribution in [2.45, 2.75) is 45.6 Å². The zero-order valence-corrected chi connectivity index (χ0v) is 19.1. The molecule has 0 radical (unpaired) electrons. The lowest BCUT2D eigenvalue weighted by Gasteiger charge is -2.37. The standard InChI is InChI=1S/C26H28N2O5/c1-26(2)14-18-24(20(29)15-26)25(16-8-4-7-11-21(16)33-3)28(22(30)12-13-23(31)32)19-10-6-5-9-17(19)27-18/h4-11,25,27H,12-15H2,1-3H3,(H,31,32). The van der Waals surface area contributed by atoms with Gasteiger partial charge in [0.05, 0.1) is 30.9 Å². The maximum Gasteiger partial charge on any atom is 0.303 e. The molecule has 7 nitrogen and oxygen atoms in total. The molecule has 0 bridgehead atoms. The van der Waals surface area contributed by atoms with E-state index in [1.807, 2.05) is 42.5 Å². The van der Waals surface area contributed by atoms with E-state index >= 15 is 0 Å². The van der Waals surface area contributed by atoms with E-state index in [9.17, 15) is 19.5 Å². The number of amides is 1. The molecule has 0 saturated heterocycles. The van der Waals surface area contributed by atoms with Gasteiger partial charge in [0.1, 0.15) is 5.75 Å². The van der Waals surface area contributed by atoms with Crippen LogP contribution < -0.4 is 15.0 Å². The number of rotatable bonds is 5. The van der Waals surface area contributed by atoms with E-state index in [-0.39, 0.29) is 29.9 Å². The third-order valence-corrected chi connectivity index (χ3v) is 6.16. The summed E-state index contributed by atoms with van der Waals surface area (Å²) < 4.78 is 5.62. The molecule has 33 heavy (non-hydrogen) atoms. The number of nitrogens with one attached hydrogen (secondary N) is 1. The summed E-state index contributed by atoms with van der Waals surface area (Å²) in [5, 5.41) is 12.6. The summed E-state index contributed by atoms with van der Waals surface area (Å²) >= 11 is 0. The van der Waals surface area contributed by atoms with E-state index < -0.39 is 12.0 Å². The van der Waals surface area contributed by atoms with Gasteiger partial charge in [-0.2, -0.15) is 0 Å². The van der Waals surface area contributed by atoms with Crippen LogP contribution in [-0.4, -0.2) is 29.9 Å². The molecule has 172 valence electrons. The van der Waals surface area contributed by atoms with Crippen molar-refractivity contribution in [1.29, 1.82) is 0 Å². The molecule has 7 heteroatoms. The van der Waals surface area contributed by atoms with E-state index in [2.05, 4.69) is 19.2 Å². The van der Waals surface area contributed by atoms with Crippen molar-refractivity contribution in [3.8, 4) is 5.75 Å². The summed E-state index contributed by atoms with van der Waals surface area (Å²) in [4.78, 5) is 40.0. The van der Waals surface area contributed by atoms with Gasteiger partial charge in [-0.15, -0.1) is 0 Å². The van der Waals surface area contributed by atoms with Gasteiger partial charge in [0.15, 0.2) is 5.78 Å². The molecule has 4 rings (SSSR count). The molecule has 1 amide bonds. The number of ether oxygens (including phenoxy) is 1. The summed E-state index contributed by atoms with van der Waals surface area (Å²) in [5.74, 6) is -0.890. The number of allylic oxidation sites excluding steroid dienone is 1. The minimum absolute atomic E-state index is 0.0338. The second-order valence-corrected chi connectivity index (χ2v) is 9.28. The Balaban J connectivity index is 1.99. The SMILES string of the molecule is COc1ccccc1C1C2=C(CC(C)(C)CC2=O)Nc2ccccc2N1C(=O)CCC(=O)O. The van der Waals surface area contributed by atoms with Gasteiger partial charge in [0.25, 0.3) is 0 Å². The van der Waals surface area contributed by atoms with Gasteiger partial charge in [0, 0.05) is 29.7 Å². The molecule has 1 aliphatic carbocycles. The molecule has 1 aliphatic heterocycles. The largest absolute Gasteiger partial charge is 0.496 e. The summed E-state index contributed by atoms with van der Waals surface area (Å²) in [6.07, 6.45) is 0.520. The molecule has 0 saturated carbocycles. The van der Waals surface area contributed by atoms with Crippen LogP contribution in [0, 0.1) is 5.41 Å². The Morgan fingerprint density at radius 3 is 2.52 bits per heavy atom. The van der Waals surface area contributed by atoms with Crippen LogP contribution in [0.4, 0.5) is 11.4 Å². The van der Waals surface area contributed by atoms with Crippen LogP contribution >= 0.6 is 0 Å². The Morgan fingerprint density at radius 2 is 1.79 bits per heavy atom. The highest BCUT2D eigenvalue weighted by molar-refractivity contribution is 6.06. The zero-order chi connectivity index (χ0) is 23.8. The Morgan fingerprint density at radius 1 is 1.09 bits per heavy atom. The topological polar surface area (TPSA) is 95.9 Å². The maximum atomic E-state index is 13.6. The summed E-state index contributed by atoms with van der Waals surface area (Å²) in [7, 11) is 1.55. The molecular formula is C26H28N2O5. The molecule has 2 aliphatic rings. The van der Waals surface area contributed by atoms with Gasteiger partial charge in [-0.3, -0.25) is 19.3 Å². The number of benzene rings is 2. The number of aliphatic carboxylic acids is 1. The van der Waals surface area contributed by atoms with Crippen LogP contribution in [0.15, 0.2) is 59.8 Å². The van der Waals surface area contributed by atoms with Crippen molar-refractivity contribution in [2.75, 3.05) is 17.3 Å². The van der Waals surface area contributed by atoms with E-state index in [1.165, 1.54) is 0 Å². The molecule has 0 aromatic heterocycles. The molecule has 1 unspecified atom stereocenters. The molecule has 2 aromatic carbocycles. The number of hydrogen-bond acceptors (Lipinski definition) is 5.